The standard InChI is InChI=1S/C23H20ClNO3/c1-16(2)15-27-20-10-6-7-17(13-20)23(26)25-21-14-18(24)11-12-22(21)28-19-8-4-3-5-9-19/h3-14H,1,15H2,2H3,(H,25,26). The van der Waals surface area contributed by atoms with Gasteiger partial charge in [-0.3, -0.25) is 4.79 Å². The van der Waals surface area contributed by atoms with Crippen LogP contribution in [0.5, 0.6) is 17.2 Å². The number of carbonyl (C=O) groups excluding carboxylic acids is 1. The van der Waals surface area contributed by atoms with E-state index in [4.69, 9.17) is 21.1 Å². The summed E-state index contributed by atoms with van der Waals surface area (Å²) in [5.74, 6) is 1.47. The Bertz CT molecular complexity index is 986. The maximum absolute atomic E-state index is 12.7. The van der Waals surface area contributed by atoms with Crippen molar-refractivity contribution in [1.29, 1.82) is 0 Å². The fourth-order valence-corrected chi connectivity index (χ4v) is 2.60. The maximum atomic E-state index is 12.7. The van der Waals surface area contributed by atoms with Gasteiger partial charge < -0.3 is 14.8 Å². The van der Waals surface area contributed by atoms with Gasteiger partial charge in [0.2, 0.25) is 0 Å². The number of nitrogens with one attached hydrogen (secondary N) is 1. The van der Waals surface area contributed by atoms with E-state index < -0.39 is 0 Å². The van der Waals surface area contributed by atoms with Gasteiger partial charge in [-0.2, -0.15) is 0 Å². The van der Waals surface area contributed by atoms with Crippen LogP contribution >= 0.6 is 11.6 Å². The molecule has 0 bridgehead atoms. The number of hydrogen-bond acceptors (Lipinski definition) is 3. The maximum Gasteiger partial charge on any atom is 0.255 e. The van der Waals surface area contributed by atoms with Crippen molar-refractivity contribution >= 4 is 23.2 Å². The molecule has 0 unspecified atom stereocenters. The van der Waals surface area contributed by atoms with Crippen LogP contribution < -0.4 is 14.8 Å². The number of hydrogen-bond donors (Lipinski definition) is 1. The first kappa shape index (κ1) is 19.5. The zero-order valence-electron chi connectivity index (χ0n) is 15.4. The molecule has 0 saturated carbocycles. The number of halogens is 1. The molecule has 3 aromatic carbocycles. The van der Waals surface area contributed by atoms with Gasteiger partial charge in [0.15, 0.2) is 5.75 Å². The lowest BCUT2D eigenvalue weighted by molar-refractivity contribution is 0.102. The summed E-state index contributed by atoms with van der Waals surface area (Å²) in [4.78, 5) is 12.7. The summed E-state index contributed by atoms with van der Waals surface area (Å²) in [7, 11) is 0. The number of benzene rings is 3. The summed E-state index contributed by atoms with van der Waals surface area (Å²) in [5, 5.41) is 3.35. The smallest absolute Gasteiger partial charge is 0.255 e. The van der Waals surface area contributed by atoms with Gasteiger partial charge in [-0.25, -0.2) is 0 Å². The summed E-state index contributed by atoms with van der Waals surface area (Å²) in [6.45, 7) is 6.08. The molecule has 0 saturated heterocycles. The SMILES string of the molecule is C=C(C)COc1cccc(C(=O)Nc2cc(Cl)ccc2Oc2ccccc2)c1. The third-order valence-electron chi connectivity index (χ3n) is 3.74. The molecule has 0 atom stereocenters. The highest BCUT2D eigenvalue weighted by Crippen LogP contribution is 2.32. The van der Waals surface area contributed by atoms with Crippen LogP contribution in [0, 0.1) is 0 Å². The second-order valence-corrected chi connectivity index (χ2v) is 6.72. The monoisotopic (exact) mass is 393 g/mol. The molecule has 4 nitrogen and oxygen atoms in total. The van der Waals surface area contributed by atoms with Crippen molar-refractivity contribution in [1.82, 2.24) is 0 Å². The van der Waals surface area contributed by atoms with E-state index in [9.17, 15) is 4.79 Å². The first-order valence-corrected chi connectivity index (χ1v) is 9.10. The second kappa shape index (κ2) is 9.11. The third-order valence-corrected chi connectivity index (χ3v) is 3.98. The largest absolute Gasteiger partial charge is 0.489 e. The van der Waals surface area contributed by atoms with E-state index in [0.29, 0.717) is 40.1 Å². The summed E-state index contributed by atoms with van der Waals surface area (Å²) in [6.07, 6.45) is 0. The molecule has 0 fully saturated rings. The van der Waals surface area contributed by atoms with Crippen molar-refractivity contribution in [3.63, 3.8) is 0 Å². The van der Waals surface area contributed by atoms with Crippen molar-refractivity contribution in [3.8, 4) is 17.2 Å². The third kappa shape index (κ3) is 5.38. The molecule has 142 valence electrons. The van der Waals surface area contributed by atoms with Crippen LogP contribution in [0.1, 0.15) is 17.3 Å². The number of carbonyl (C=O) groups is 1. The van der Waals surface area contributed by atoms with Gasteiger partial charge >= 0.3 is 0 Å². The molecule has 28 heavy (non-hydrogen) atoms. The van der Waals surface area contributed by atoms with Crippen molar-refractivity contribution in [2.75, 3.05) is 11.9 Å². The molecule has 0 aliphatic rings. The molecule has 0 aromatic heterocycles. The van der Waals surface area contributed by atoms with Gasteiger partial charge in [-0.15, -0.1) is 0 Å². The Hall–Kier alpha value is -3.24. The Balaban J connectivity index is 1.79. The summed E-state index contributed by atoms with van der Waals surface area (Å²) < 4.78 is 11.5. The molecule has 0 aliphatic carbocycles. The van der Waals surface area contributed by atoms with E-state index in [0.717, 1.165) is 5.57 Å². The van der Waals surface area contributed by atoms with Gasteiger partial charge in [0.05, 0.1) is 5.69 Å². The molecule has 1 N–H and O–H groups in total. The lowest BCUT2D eigenvalue weighted by Crippen LogP contribution is -2.13. The minimum atomic E-state index is -0.291. The Labute approximate surface area is 169 Å². The van der Waals surface area contributed by atoms with Crippen LogP contribution in [0.25, 0.3) is 0 Å². The van der Waals surface area contributed by atoms with Gasteiger partial charge in [0.25, 0.3) is 5.91 Å². The molecule has 3 aromatic rings. The van der Waals surface area contributed by atoms with Crippen LogP contribution in [0.3, 0.4) is 0 Å². The molecule has 0 radical (unpaired) electrons. The quantitative estimate of drug-likeness (QED) is 0.476. The minimum Gasteiger partial charge on any atom is -0.489 e. The van der Waals surface area contributed by atoms with Crippen molar-refractivity contribution in [2.24, 2.45) is 0 Å². The van der Waals surface area contributed by atoms with Crippen LogP contribution in [-0.4, -0.2) is 12.5 Å². The van der Waals surface area contributed by atoms with E-state index in [1.807, 2.05) is 37.3 Å². The molecule has 3 rings (SSSR count). The fraction of sp³-hybridized carbons (Fsp3) is 0.0870. The van der Waals surface area contributed by atoms with Crippen LogP contribution in [0.2, 0.25) is 5.02 Å². The van der Waals surface area contributed by atoms with Crippen molar-refractivity contribution in [2.45, 2.75) is 6.92 Å². The predicted octanol–water partition coefficient (Wildman–Crippen LogP) is 6.34. The van der Waals surface area contributed by atoms with Gasteiger partial charge in [0, 0.05) is 10.6 Å². The Morgan fingerprint density at radius 1 is 1.00 bits per heavy atom. The Morgan fingerprint density at radius 2 is 1.75 bits per heavy atom. The minimum absolute atomic E-state index is 0.291. The topological polar surface area (TPSA) is 47.6 Å². The number of ether oxygens (including phenoxy) is 2. The number of anilines is 1. The van der Waals surface area contributed by atoms with Crippen molar-refractivity contribution in [3.05, 3.63) is 95.5 Å². The summed E-state index contributed by atoms with van der Waals surface area (Å²) >= 11 is 6.11. The van der Waals surface area contributed by atoms with E-state index in [2.05, 4.69) is 11.9 Å². The molecule has 0 aliphatic heterocycles. The van der Waals surface area contributed by atoms with Crippen molar-refractivity contribution < 1.29 is 14.3 Å². The predicted molar refractivity (Wildman–Crippen MR) is 113 cm³/mol. The highest BCUT2D eigenvalue weighted by Gasteiger charge is 2.12. The summed E-state index contributed by atoms with van der Waals surface area (Å²) in [5.41, 5.74) is 1.84. The molecule has 1 amide bonds. The average Bonchev–Trinajstić information content (AvgIpc) is 2.69. The number of para-hydroxylation sites is 1. The first-order valence-electron chi connectivity index (χ1n) is 8.72. The molecule has 0 spiro atoms. The zero-order valence-corrected chi connectivity index (χ0v) is 16.2. The molecule has 0 heterocycles. The van der Waals surface area contributed by atoms with Crippen LogP contribution in [0.15, 0.2) is 84.9 Å². The lowest BCUT2D eigenvalue weighted by atomic mass is 10.2. The average molecular weight is 394 g/mol. The van der Waals surface area contributed by atoms with Gasteiger partial charge in [0.1, 0.15) is 18.1 Å². The van der Waals surface area contributed by atoms with Crippen LogP contribution in [0.4, 0.5) is 5.69 Å². The van der Waals surface area contributed by atoms with E-state index in [1.54, 1.807) is 42.5 Å². The molecular weight excluding hydrogens is 374 g/mol. The summed E-state index contributed by atoms with van der Waals surface area (Å²) in [6, 6.07) is 21.4. The molecule has 5 heteroatoms. The van der Waals surface area contributed by atoms with E-state index >= 15 is 0 Å². The first-order chi connectivity index (χ1) is 13.5. The Morgan fingerprint density at radius 3 is 2.50 bits per heavy atom. The second-order valence-electron chi connectivity index (χ2n) is 6.28. The zero-order chi connectivity index (χ0) is 19.9. The van der Waals surface area contributed by atoms with E-state index in [-0.39, 0.29) is 5.91 Å². The highest BCUT2D eigenvalue weighted by molar-refractivity contribution is 6.31. The van der Waals surface area contributed by atoms with Crippen LogP contribution in [-0.2, 0) is 0 Å². The normalized spacial score (nSPS) is 10.2. The highest BCUT2D eigenvalue weighted by atomic mass is 35.5. The van der Waals surface area contributed by atoms with Gasteiger partial charge in [-0.1, -0.05) is 42.4 Å². The number of rotatable bonds is 7. The molecular formula is C23H20ClNO3. The van der Waals surface area contributed by atoms with Gasteiger partial charge in [-0.05, 0) is 61.0 Å². The van der Waals surface area contributed by atoms with E-state index in [1.165, 1.54) is 0 Å². The Kier molecular flexibility index (Phi) is 6.35. The number of amides is 1. The lowest BCUT2D eigenvalue weighted by Gasteiger charge is -2.13. The fourth-order valence-electron chi connectivity index (χ4n) is 2.43.